The van der Waals surface area contributed by atoms with Gasteiger partial charge in [-0.1, -0.05) is 6.58 Å². The van der Waals surface area contributed by atoms with Gasteiger partial charge in [-0.15, -0.1) is 0 Å². The summed E-state index contributed by atoms with van der Waals surface area (Å²) in [6.45, 7) is 4.22. The minimum Gasteiger partial charge on any atom is -1.00 e. The van der Waals surface area contributed by atoms with Crippen LogP contribution in [0.15, 0.2) is 37.1 Å². The summed E-state index contributed by atoms with van der Waals surface area (Å²) in [6, 6.07) is 6.20. The van der Waals surface area contributed by atoms with E-state index in [1.165, 1.54) is 18.4 Å². The van der Waals surface area contributed by atoms with Gasteiger partial charge in [0.05, 0.1) is 11.8 Å². The van der Waals surface area contributed by atoms with Crippen LogP contribution in [0.1, 0.15) is 11.8 Å². The molecule has 0 saturated carbocycles. The molecule has 0 bridgehead atoms. The van der Waals surface area contributed by atoms with Gasteiger partial charge in [0.1, 0.15) is 19.0 Å². The largest absolute Gasteiger partial charge is 1.00 e. The summed E-state index contributed by atoms with van der Waals surface area (Å²) >= 11 is 0. The second-order valence-electron chi connectivity index (χ2n) is 2.72. The molecule has 4 nitrogen and oxygen atoms in total. The molecule has 16 heavy (non-hydrogen) atoms. The smallest absolute Gasteiger partial charge is 1.00 e. The number of rotatable bonds is 6. The zero-order valence-electron chi connectivity index (χ0n) is 10.2. The SMILES string of the molecule is C=COCCOc1ccc(C(=O)O)cc1.[H-].[Na+]. The van der Waals surface area contributed by atoms with Crippen molar-refractivity contribution in [1.29, 1.82) is 0 Å². The van der Waals surface area contributed by atoms with Crippen LogP contribution in [0.4, 0.5) is 0 Å². The number of hydrogen-bond donors (Lipinski definition) is 1. The van der Waals surface area contributed by atoms with E-state index in [9.17, 15) is 4.79 Å². The van der Waals surface area contributed by atoms with Crippen molar-refractivity contribution in [2.24, 2.45) is 0 Å². The molecule has 0 aromatic heterocycles. The van der Waals surface area contributed by atoms with E-state index in [1.54, 1.807) is 12.1 Å². The normalized spacial score (nSPS) is 8.75. The maximum atomic E-state index is 10.5. The summed E-state index contributed by atoms with van der Waals surface area (Å²) in [5, 5.41) is 8.65. The van der Waals surface area contributed by atoms with Crippen LogP contribution in [0.3, 0.4) is 0 Å². The molecule has 0 heterocycles. The Bertz CT molecular complexity index is 340. The van der Waals surface area contributed by atoms with E-state index < -0.39 is 5.97 Å². The molecule has 0 atom stereocenters. The molecule has 0 aliphatic carbocycles. The minimum absolute atomic E-state index is 0. The first-order chi connectivity index (χ1) is 7.24. The van der Waals surface area contributed by atoms with Gasteiger partial charge in [-0.25, -0.2) is 4.79 Å². The molecule has 0 saturated heterocycles. The minimum atomic E-state index is -0.948. The van der Waals surface area contributed by atoms with Crippen LogP contribution in [-0.4, -0.2) is 24.3 Å². The number of carboxylic acids is 1. The Morgan fingerprint density at radius 3 is 2.50 bits per heavy atom. The molecule has 5 heteroatoms. The zero-order valence-corrected chi connectivity index (χ0v) is 11.2. The predicted molar refractivity (Wildman–Crippen MR) is 56.2 cm³/mol. The number of carbonyl (C=O) groups is 1. The van der Waals surface area contributed by atoms with Gasteiger partial charge in [0, 0.05) is 0 Å². The molecule has 0 unspecified atom stereocenters. The van der Waals surface area contributed by atoms with Crippen LogP contribution in [0.5, 0.6) is 5.75 Å². The van der Waals surface area contributed by atoms with E-state index >= 15 is 0 Å². The number of ether oxygens (including phenoxy) is 2. The van der Waals surface area contributed by atoms with E-state index in [-0.39, 0.29) is 36.5 Å². The second kappa shape index (κ2) is 8.21. The zero-order chi connectivity index (χ0) is 11.1. The molecule has 1 aromatic carbocycles. The first-order valence-corrected chi connectivity index (χ1v) is 4.42. The Balaban J connectivity index is 0. The van der Waals surface area contributed by atoms with Crippen LogP contribution in [-0.2, 0) is 4.74 Å². The van der Waals surface area contributed by atoms with E-state index in [0.29, 0.717) is 19.0 Å². The van der Waals surface area contributed by atoms with Crippen molar-refractivity contribution in [1.82, 2.24) is 0 Å². The summed E-state index contributed by atoms with van der Waals surface area (Å²) in [5.74, 6) is -0.329. The van der Waals surface area contributed by atoms with Gasteiger partial charge in [-0.05, 0) is 24.3 Å². The molecule has 0 amide bonds. The number of carboxylic acid groups (broad SMARTS) is 1. The quantitative estimate of drug-likeness (QED) is 0.390. The fraction of sp³-hybridized carbons (Fsp3) is 0.182. The molecular weight excluding hydrogens is 219 g/mol. The molecule has 82 valence electrons. The Labute approximate surface area is 118 Å². The number of hydrogen-bond acceptors (Lipinski definition) is 3. The molecule has 0 aliphatic rings. The van der Waals surface area contributed by atoms with E-state index in [4.69, 9.17) is 14.6 Å². The number of aromatic carboxylic acids is 1. The molecule has 1 N–H and O–H groups in total. The van der Waals surface area contributed by atoms with Crippen LogP contribution >= 0.6 is 0 Å². The Morgan fingerprint density at radius 2 is 2.00 bits per heavy atom. The van der Waals surface area contributed by atoms with Gasteiger partial charge in [-0.3, -0.25) is 0 Å². The fourth-order valence-electron chi connectivity index (χ4n) is 0.985. The van der Waals surface area contributed by atoms with Gasteiger partial charge in [0.15, 0.2) is 0 Å². The van der Waals surface area contributed by atoms with E-state index in [1.807, 2.05) is 0 Å². The van der Waals surface area contributed by atoms with Crippen molar-refractivity contribution in [3.8, 4) is 5.75 Å². The van der Waals surface area contributed by atoms with Gasteiger partial charge in [-0.2, -0.15) is 0 Å². The van der Waals surface area contributed by atoms with Crippen molar-refractivity contribution in [3.63, 3.8) is 0 Å². The van der Waals surface area contributed by atoms with Crippen molar-refractivity contribution in [2.45, 2.75) is 0 Å². The van der Waals surface area contributed by atoms with Crippen molar-refractivity contribution in [2.75, 3.05) is 13.2 Å². The third-order valence-corrected chi connectivity index (χ3v) is 1.69. The van der Waals surface area contributed by atoms with Crippen molar-refractivity contribution in [3.05, 3.63) is 42.7 Å². The summed E-state index contributed by atoms with van der Waals surface area (Å²) in [5.41, 5.74) is 0.240. The van der Waals surface area contributed by atoms with Gasteiger partial charge in [0.2, 0.25) is 0 Å². The maximum Gasteiger partial charge on any atom is 1.00 e. The standard InChI is InChI=1S/C11H12O4.Na.H/c1-2-14-7-8-15-10-5-3-9(4-6-10)11(12)13;;/h2-6H,1,7-8H2,(H,12,13);;/q;+1;-1. The van der Waals surface area contributed by atoms with Crippen molar-refractivity contribution >= 4 is 5.97 Å². The summed E-state index contributed by atoms with van der Waals surface area (Å²) in [4.78, 5) is 10.5. The molecular formula is C11H13NaO4. The Morgan fingerprint density at radius 1 is 1.38 bits per heavy atom. The van der Waals surface area contributed by atoms with Crippen LogP contribution in [0.25, 0.3) is 0 Å². The fourth-order valence-corrected chi connectivity index (χ4v) is 0.985. The third-order valence-electron chi connectivity index (χ3n) is 1.69. The first kappa shape index (κ1) is 15.0. The van der Waals surface area contributed by atoms with E-state index in [2.05, 4.69) is 6.58 Å². The Kier molecular flexibility index (Phi) is 7.72. The van der Waals surface area contributed by atoms with Crippen LogP contribution in [0.2, 0.25) is 0 Å². The number of benzene rings is 1. The van der Waals surface area contributed by atoms with Crippen LogP contribution in [0, 0.1) is 0 Å². The molecule has 0 spiro atoms. The summed E-state index contributed by atoms with van der Waals surface area (Å²) in [7, 11) is 0. The Hall–Kier alpha value is -0.970. The average molecular weight is 232 g/mol. The molecule has 0 radical (unpaired) electrons. The molecule has 1 aromatic rings. The first-order valence-electron chi connectivity index (χ1n) is 4.42. The monoisotopic (exact) mass is 232 g/mol. The third kappa shape index (κ3) is 5.21. The van der Waals surface area contributed by atoms with Crippen LogP contribution < -0.4 is 34.3 Å². The van der Waals surface area contributed by atoms with Gasteiger partial charge in [0.25, 0.3) is 0 Å². The summed E-state index contributed by atoms with van der Waals surface area (Å²) < 4.78 is 10.1. The average Bonchev–Trinajstić information content (AvgIpc) is 2.25. The predicted octanol–water partition coefficient (Wildman–Crippen LogP) is -0.960. The second-order valence-corrected chi connectivity index (χ2v) is 2.72. The maximum absolute atomic E-state index is 10.5. The van der Waals surface area contributed by atoms with Gasteiger partial charge < -0.3 is 16.0 Å². The van der Waals surface area contributed by atoms with E-state index in [0.717, 1.165) is 0 Å². The molecule has 1 rings (SSSR count). The molecule has 0 aliphatic heterocycles. The van der Waals surface area contributed by atoms with Gasteiger partial charge >= 0.3 is 35.5 Å². The molecule has 0 fully saturated rings. The van der Waals surface area contributed by atoms with Crippen molar-refractivity contribution < 1.29 is 50.4 Å². The topological polar surface area (TPSA) is 55.8 Å². The summed E-state index contributed by atoms with van der Waals surface area (Å²) in [6.07, 6.45) is 1.34.